The Morgan fingerprint density at radius 3 is 2.83 bits per heavy atom. The van der Waals surface area contributed by atoms with Crippen molar-refractivity contribution in [2.24, 2.45) is 0 Å². The molecule has 3 N–H and O–H groups in total. The first kappa shape index (κ1) is 7.61. The van der Waals surface area contributed by atoms with Crippen LogP contribution in [0.1, 0.15) is 24.5 Å². The first-order valence-corrected chi connectivity index (χ1v) is 4.36. The van der Waals surface area contributed by atoms with Gasteiger partial charge in [0.25, 0.3) is 5.56 Å². The second-order valence-corrected chi connectivity index (χ2v) is 3.26. The van der Waals surface area contributed by atoms with Crippen LogP contribution >= 0.6 is 0 Å². The molecule has 0 aromatic carbocycles. The van der Waals surface area contributed by atoms with E-state index < -0.39 is 0 Å². The molecule has 1 aliphatic rings. The van der Waals surface area contributed by atoms with Crippen LogP contribution in [0.4, 0.5) is 0 Å². The Labute approximate surface area is 69.9 Å². The van der Waals surface area contributed by atoms with Crippen LogP contribution in [0.2, 0.25) is 0 Å². The molecule has 0 saturated carbocycles. The molecule has 1 fully saturated rings. The molecule has 1 aliphatic heterocycles. The van der Waals surface area contributed by atoms with Crippen LogP contribution in [0.15, 0.2) is 15.4 Å². The fourth-order valence-electron chi connectivity index (χ4n) is 1.71. The molecule has 4 heteroatoms. The van der Waals surface area contributed by atoms with E-state index in [0.29, 0.717) is 5.92 Å². The van der Waals surface area contributed by atoms with Gasteiger partial charge < -0.3 is 9.84 Å². The first-order chi connectivity index (χ1) is 5.86. The Kier molecular flexibility index (Phi) is 1.99. The number of quaternary nitrogens is 1. The SMILES string of the molecule is O=c1cc(C2CC[NH2+]CC2)o[nH]1. The molecule has 0 unspecified atom stereocenters. The fourth-order valence-corrected chi connectivity index (χ4v) is 1.71. The minimum absolute atomic E-state index is 0.125. The number of hydrogen-bond donors (Lipinski definition) is 2. The van der Waals surface area contributed by atoms with Gasteiger partial charge in [0, 0.05) is 24.8 Å². The third kappa shape index (κ3) is 1.43. The fraction of sp³-hybridized carbons (Fsp3) is 0.625. The number of aromatic amines is 1. The molecular formula is C8H13N2O2+. The van der Waals surface area contributed by atoms with Gasteiger partial charge in [0.15, 0.2) is 0 Å². The lowest BCUT2D eigenvalue weighted by Gasteiger charge is -2.16. The van der Waals surface area contributed by atoms with Crippen molar-refractivity contribution in [2.75, 3.05) is 13.1 Å². The zero-order valence-electron chi connectivity index (χ0n) is 6.88. The summed E-state index contributed by atoms with van der Waals surface area (Å²) in [4.78, 5) is 10.8. The molecule has 0 bridgehead atoms. The number of nitrogens with one attached hydrogen (secondary N) is 1. The van der Waals surface area contributed by atoms with Gasteiger partial charge in [-0.05, 0) is 0 Å². The van der Waals surface area contributed by atoms with Crippen LogP contribution in [0.5, 0.6) is 0 Å². The van der Waals surface area contributed by atoms with E-state index in [1.54, 1.807) is 6.07 Å². The average Bonchev–Trinajstić information content (AvgIpc) is 2.54. The summed E-state index contributed by atoms with van der Waals surface area (Å²) in [6.07, 6.45) is 2.22. The molecule has 1 saturated heterocycles. The van der Waals surface area contributed by atoms with Gasteiger partial charge in [-0.15, -0.1) is 0 Å². The van der Waals surface area contributed by atoms with Gasteiger partial charge in [0.1, 0.15) is 5.76 Å². The minimum Gasteiger partial charge on any atom is -0.383 e. The van der Waals surface area contributed by atoms with Crippen molar-refractivity contribution < 1.29 is 9.84 Å². The van der Waals surface area contributed by atoms with Gasteiger partial charge in [0.05, 0.1) is 13.1 Å². The standard InChI is InChI=1S/C8H12N2O2/c11-8-5-7(12-10-8)6-1-3-9-4-2-6/h5-6,9H,1-4H2,(H,10,11)/p+1. The largest absolute Gasteiger partial charge is 0.383 e. The third-order valence-corrected chi connectivity index (χ3v) is 2.38. The van der Waals surface area contributed by atoms with E-state index in [1.165, 1.54) is 0 Å². The molecule has 0 amide bonds. The molecule has 0 radical (unpaired) electrons. The molecule has 0 spiro atoms. The van der Waals surface area contributed by atoms with Crippen molar-refractivity contribution in [3.8, 4) is 0 Å². The van der Waals surface area contributed by atoms with E-state index in [4.69, 9.17) is 4.52 Å². The number of rotatable bonds is 1. The molecule has 2 heterocycles. The number of piperidine rings is 1. The van der Waals surface area contributed by atoms with E-state index >= 15 is 0 Å². The maximum atomic E-state index is 10.8. The highest BCUT2D eigenvalue weighted by Crippen LogP contribution is 2.21. The van der Waals surface area contributed by atoms with Crippen LogP contribution in [0.3, 0.4) is 0 Å². The molecule has 4 nitrogen and oxygen atoms in total. The highest BCUT2D eigenvalue weighted by molar-refractivity contribution is 5.02. The van der Waals surface area contributed by atoms with Crippen molar-refractivity contribution >= 4 is 0 Å². The molecule has 1 aromatic rings. The van der Waals surface area contributed by atoms with Crippen molar-refractivity contribution in [2.45, 2.75) is 18.8 Å². The summed E-state index contributed by atoms with van der Waals surface area (Å²) in [5, 5.41) is 4.62. The predicted molar refractivity (Wildman–Crippen MR) is 43.0 cm³/mol. The monoisotopic (exact) mass is 169 g/mol. The van der Waals surface area contributed by atoms with Crippen molar-refractivity contribution in [3.05, 3.63) is 22.2 Å². The zero-order valence-corrected chi connectivity index (χ0v) is 6.88. The quantitative estimate of drug-likeness (QED) is 0.590. The van der Waals surface area contributed by atoms with Gasteiger partial charge in [-0.1, -0.05) is 0 Å². The Bertz CT molecular complexity index is 296. The highest BCUT2D eigenvalue weighted by atomic mass is 16.5. The number of hydrogen-bond acceptors (Lipinski definition) is 2. The predicted octanol–water partition coefficient (Wildman–Crippen LogP) is -0.591. The van der Waals surface area contributed by atoms with Gasteiger partial charge in [-0.2, -0.15) is 5.16 Å². The van der Waals surface area contributed by atoms with E-state index in [9.17, 15) is 4.79 Å². The first-order valence-electron chi connectivity index (χ1n) is 4.36. The van der Waals surface area contributed by atoms with Gasteiger partial charge in [-0.3, -0.25) is 4.79 Å². The molecule has 66 valence electrons. The van der Waals surface area contributed by atoms with E-state index in [2.05, 4.69) is 10.5 Å². The number of aromatic nitrogens is 1. The Hall–Kier alpha value is -1.03. The summed E-state index contributed by atoms with van der Waals surface area (Å²) >= 11 is 0. The van der Waals surface area contributed by atoms with Gasteiger partial charge in [-0.25, -0.2) is 0 Å². The van der Waals surface area contributed by atoms with E-state index in [1.807, 2.05) is 0 Å². The summed E-state index contributed by atoms with van der Waals surface area (Å²) in [6.45, 7) is 2.28. The summed E-state index contributed by atoms with van der Waals surface area (Å²) in [5.41, 5.74) is -0.125. The summed E-state index contributed by atoms with van der Waals surface area (Å²) in [7, 11) is 0. The lowest BCUT2D eigenvalue weighted by atomic mass is 9.96. The molecule has 1 aromatic heterocycles. The van der Waals surface area contributed by atoms with Crippen molar-refractivity contribution in [1.29, 1.82) is 0 Å². The second kappa shape index (κ2) is 3.15. The summed E-state index contributed by atoms with van der Waals surface area (Å²) < 4.78 is 5.05. The second-order valence-electron chi connectivity index (χ2n) is 3.26. The summed E-state index contributed by atoms with van der Waals surface area (Å²) in [6, 6.07) is 1.57. The van der Waals surface area contributed by atoms with Crippen LogP contribution < -0.4 is 10.9 Å². The maximum absolute atomic E-state index is 10.8. The van der Waals surface area contributed by atoms with Crippen molar-refractivity contribution in [3.63, 3.8) is 0 Å². The molecule has 0 aliphatic carbocycles. The molecule has 12 heavy (non-hydrogen) atoms. The smallest absolute Gasteiger partial charge is 0.280 e. The lowest BCUT2D eigenvalue weighted by Crippen LogP contribution is -2.86. The third-order valence-electron chi connectivity index (χ3n) is 2.38. The number of H-pyrrole nitrogens is 1. The van der Waals surface area contributed by atoms with Crippen LogP contribution in [-0.2, 0) is 0 Å². The molecule has 0 atom stereocenters. The van der Waals surface area contributed by atoms with Gasteiger partial charge in [0.2, 0.25) is 0 Å². The molecule has 2 rings (SSSR count). The number of nitrogens with two attached hydrogens (primary N) is 1. The highest BCUT2D eigenvalue weighted by Gasteiger charge is 2.20. The van der Waals surface area contributed by atoms with E-state index in [0.717, 1.165) is 31.7 Å². The lowest BCUT2D eigenvalue weighted by molar-refractivity contribution is -0.663. The molecular weight excluding hydrogens is 156 g/mol. The maximum Gasteiger partial charge on any atom is 0.280 e. The zero-order chi connectivity index (χ0) is 8.39. The van der Waals surface area contributed by atoms with E-state index in [-0.39, 0.29) is 5.56 Å². The van der Waals surface area contributed by atoms with Crippen molar-refractivity contribution in [1.82, 2.24) is 5.16 Å². The Morgan fingerprint density at radius 1 is 1.50 bits per heavy atom. The Balaban J connectivity index is 2.13. The van der Waals surface area contributed by atoms with Gasteiger partial charge >= 0.3 is 0 Å². The van der Waals surface area contributed by atoms with Crippen LogP contribution in [0, 0.1) is 0 Å². The van der Waals surface area contributed by atoms with Crippen LogP contribution in [0.25, 0.3) is 0 Å². The topological polar surface area (TPSA) is 62.6 Å². The summed E-state index contributed by atoms with van der Waals surface area (Å²) in [5.74, 6) is 1.28. The van der Waals surface area contributed by atoms with Crippen LogP contribution in [-0.4, -0.2) is 18.2 Å². The Morgan fingerprint density at radius 2 is 2.25 bits per heavy atom. The normalized spacial score (nSPS) is 19.7. The minimum atomic E-state index is -0.125. The average molecular weight is 169 g/mol.